The minimum Gasteiger partial charge on any atom is -0.497 e. The number of sulfonamides is 2. The molecule has 2 aromatic carbocycles. The van der Waals surface area contributed by atoms with E-state index in [1.807, 2.05) is 6.92 Å². The molecule has 1 aliphatic heterocycles. The standard InChI is InChI=1S/C25H35N3O8S2/c1-17-14-28(18(2)16-29)25(30)13-19-12-20(26-38(33,34)22-9-7-21(35-4)8-10-22)6-11-23(19)36-24(17)15-27(3)37(5,31)32/h6-12,17-18,24,26,29H,13-16H2,1-5H3/t17-,18+,24+/m1/s1. The third kappa shape index (κ3) is 7.16. The van der Waals surface area contributed by atoms with Crippen LogP contribution in [0, 0.1) is 5.92 Å². The molecular weight excluding hydrogens is 534 g/mol. The topological polar surface area (TPSA) is 143 Å². The van der Waals surface area contributed by atoms with Crippen LogP contribution in [0.1, 0.15) is 19.4 Å². The lowest BCUT2D eigenvalue weighted by Gasteiger charge is -2.33. The molecule has 0 bridgehead atoms. The Hall–Kier alpha value is -2.87. The highest BCUT2D eigenvalue weighted by atomic mass is 32.2. The lowest BCUT2D eigenvalue weighted by Crippen LogP contribution is -2.48. The molecule has 0 saturated carbocycles. The van der Waals surface area contributed by atoms with Gasteiger partial charge in [0.15, 0.2) is 0 Å². The first-order valence-corrected chi connectivity index (χ1v) is 15.4. The Labute approximate surface area is 224 Å². The minimum absolute atomic E-state index is 0.0369. The highest BCUT2D eigenvalue weighted by molar-refractivity contribution is 7.92. The van der Waals surface area contributed by atoms with Crippen molar-refractivity contribution in [1.29, 1.82) is 0 Å². The number of rotatable bonds is 9. The number of amides is 1. The van der Waals surface area contributed by atoms with Crippen LogP contribution in [0.15, 0.2) is 47.4 Å². The maximum Gasteiger partial charge on any atom is 0.261 e. The first-order chi connectivity index (χ1) is 17.7. The molecule has 2 aromatic rings. The van der Waals surface area contributed by atoms with Gasteiger partial charge in [0.25, 0.3) is 10.0 Å². The van der Waals surface area contributed by atoms with E-state index in [0.717, 1.165) is 6.26 Å². The van der Waals surface area contributed by atoms with Gasteiger partial charge in [0.1, 0.15) is 17.6 Å². The summed E-state index contributed by atoms with van der Waals surface area (Å²) < 4.78 is 65.1. The first-order valence-electron chi connectivity index (χ1n) is 12.0. The number of fused-ring (bicyclic) bond motifs is 1. The van der Waals surface area contributed by atoms with Gasteiger partial charge < -0.3 is 19.5 Å². The molecule has 0 aliphatic carbocycles. The number of hydrogen-bond donors (Lipinski definition) is 2. The van der Waals surface area contributed by atoms with Crippen molar-refractivity contribution in [3.63, 3.8) is 0 Å². The summed E-state index contributed by atoms with van der Waals surface area (Å²) in [7, 11) is -4.48. The van der Waals surface area contributed by atoms with Gasteiger partial charge in [0, 0.05) is 30.8 Å². The third-order valence-corrected chi connectivity index (χ3v) is 9.22. The molecule has 0 fully saturated rings. The molecule has 0 saturated heterocycles. The van der Waals surface area contributed by atoms with Crippen LogP contribution in [0.25, 0.3) is 0 Å². The van der Waals surface area contributed by atoms with E-state index in [1.165, 1.54) is 54.9 Å². The van der Waals surface area contributed by atoms with Gasteiger partial charge >= 0.3 is 0 Å². The average Bonchev–Trinajstić information content (AvgIpc) is 2.90. The molecule has 1 amide bonds. The van der Waals surface area contributed by atoms with Crippen molar-refractivity contribution < 1.29 is 36.2 Å². The Kier molecular flexibility index (Phi) is 9.29. The molecule has 0 aromatic heterocycles. The number of aliphatic hydroxyl groups is 1. The number of nitrogens with zero attached hydrogens (tertiary/aromatic N) is 2. The van der Waals surface area contributed by atoms with Crippen LogP contribution in [0.5, 0.6) is 11.5 Å². The maximum atomic E-state index is 13.3. The summed E-state index contributed by atoms with van der Waals surface area (Å²) in [6.07, 6.45) is 0.389. The fourth-order valence-electron chi connectivity index (χ4n) is 4.07. The van der Waals surface area contributed by atoms with E-state index >= 15 is 0 Å². The largest absolute Gasteiger partial charge is 0.497 e. The number of carbonyl (C=O) groups excluding carboxylic acids is 1. The fraction of sp³-hybridized carbons (Fsp3) is 0.480. The van der Waals surface area contributed by atoms with Crippen LogP contribution in [0.2, 0.25) is 0 Å². The zero-order valence-corrected chi connectivity index (χ0v) is 23.8. The Morgan fingerprint density at radius 3 is 2.42 bits per heavy atom. The van der Waals surface area contributed by atoms with Crippen molar-refractivity contribution in [2.24, 2.45) is 5.92 Å². The third-order valence-electron chi connectivity index (χ3n) is 6.54. The molecule has 13 heteroatoms. The highest BCUT2D eigenvalue weighted by Gasteiger charge is 2.32. The van der Waals surface area contributed by atoms with Crippen LogP contribution in [-0.4, -0.2) is 89.3 Å². The lowest BCUT2D eigenvalue weighted by atomic mass is 10.0. The maximum absolute atomic E-state index is 13.3. The van der Waals surface area contributed by atoms with E-state index in [9.17, 15) is 26.7 Å². The fourth-order valence-corrected chi connectivity index (χ4v) is 5.54. The van der Waals surface area contributed by atoms with Crippen LogP contribution in [0.3, 0.4) is 0 Å². The molecule has 2 N–H and O–H groups in total. The summed E-state index contributed by atoms with van der Waals surface area (Å²) in [6.45, 7) is 3.62. The molecule has 0 unspecified atom stereocenters. The second-order valence-electron chi connectivity index (χ2n) is 9.54. The Bertz CT molecular complexity index is 1350. The molecular formula is C25H35N3O8S2. The van der Waals surface area contributed by atoms with Crippen molar-refractivity contribution in [1.82, 2.24) is 9.21 Å². The van der Waals surface area contributed by atoms with Crippen molar-refractivity contribution in [2.45, 2.75) is 37.3 Å². The van der Waals surface area contributed by atoms with Crippen molar-refractivity contribution in [3.05, 3.63) is 48.0 Å². The Morgan fingerprint density at radius 1 is 1.18 bits per heavy atom. The SMILES string of the molecule is COc1ccc(S(=O)(=O)Nc2ccc3c(c2)CC(=O)N([C@@H](C)CO)C[C@@H](C)[C@H](CN(C)S(C)(=O)=O)O3)cc1. The molecule has 1 aliphatic rings. The van der Waals surface area contributed by atoms with Gasteiger partial charge in [-0.1, -0.05) is 6.92 Å². The van der Waals surface area contributed by atoms with Crippen LogP contribution >= 0.6 is 0 Å². The van der Waals surface area contributed by atoms with Crippen LogP contribution < -0.4 is 14.2 Å². The molecule has 11 nitrogen and oxygen atoms in total. The van der Waals surface area contributed by atoms with Crippen molar-refractivity contribution in [3.8, 4) is 11.5 Å². The molecule has 1 heterocycles. The van der Waals surface area contributed by atoms with E-state index in [2.05, 4.69) is 4.72 Å². The Balaban J connectivity index is 1.98. The summed E-state index contributed by atoms with van der Waals surface area (Å²) in [5.74, 6) is 0.318. The molecule has 210 valence electrons. The number of aliphatic hydroxyl groups excluding tert-OH is 1. The van der Waals surface area contributed by atoms with Gasteiger partial charge in [0.2, 0.25) is 15.9 Å². The normalized spacial score (nSPS) is 19.6. The summed E-state index contributed by atoms with van der Waals surface area (Å²) in [5, 5.41) is 9.75. The number of carbonyl (C=O) groups is 1. The molecule has 3 atom stereocenters. The quantitative estimate of drug-likeness (QED) is 0.463. The van der Waals surface area contributed by atoms with Crippen LogP contribution in [-0.2, 0) is 31.3 Å². The van der Waals surface area contributed by atoms with Gasteiger partial charge in [-0.25, -0.2) is 21.1 Å². The van der Waals surface area contributed by atoms with Gasteiger partial charge in [0.05, 0.1) is 43.9 Å². The average molecular weight is 570 g/mol. The van der Waals surface area contributed by atoms with Gasteiger partial charge in [-0.15, -0.1) is 0 Å². The van der Waals surface area contributed by atoms with E-state index in [1.54, 1.807) is 17.9 Å². The van der Waals surface area contributed by atoms with E-state index in [4.69, 9.17) is 9.47 Å². The molecule has 38 heavy (non-hydrogen) atoms. The number of anilines is 1. The Morgan fingerprint density at radius 2 is 1.84 bits per heavy atom. The second kappa shape index (κ2) is 11.9. The summed E-state index contributed by atoms with van der Waals surface area (Å²) in [4.78, 5) is 14.9. The van der Waals surface area contributed by atoms with E-state index in [0.29, 0.717) is 17.1 Å². The lowest BCUT2D eigenvalue weighted by molar-refractivity contribution is -0.134. The number of benzene rings is 2. The number of hydrogen-bond acceptors (Lipinski definition) is 8. The number of methoxy groups -OCH3 is 1. The molecule has 0 radical (unpaired) electrons. The number of nitrogens with one attached hydrogen (secondary N) is 1. The van der Waals surface area contributed by atoms with Crippen molar-refractivity contribution >= 4 is 31.6 Å². The summed E-state index contributed by atoms with van der Waals surface area (Å²) in [6, 6.07) is 10.1. The number of likely N-dealkylation sites (N-methyl/N-ethyl adjacent to an activating group) is 1. The van der Waals surface area contributed by atoms with Gasteiger partial charge in [-0.05, 0) is 49.4 Å². The van der Waals surface area contributed by atoms with Crippen molar-refractivity contribution in [2.75, 3.05) is 44.8 Å². The molecule has 0 spiro atoms. The van der Waals surface area contributed by atoms with Crippen LogP contribution in [0.4, 0.5) is 5.69 Å². The highest BCUT2D eigenvalue weighted by Crippen LogP contribution is 2.30. The predicted octanol–water partition coefficient (Wildman–Crippen LogP) is 1.54. The zero-order chi connectivity index (χ0) is 28.3. The van der Waals surface area contributed by atoms with Gasteiger partial charge in [-0.2, -0.15) is 0 Å². The number of ether oxygens (including phenoxy) is 2. The summed E-state index contributed by atoms with van der Waals surface area (Å²) in [5.41, 5.74) is 0.663. The first kappa shape index (κ1) is 29.7. The zero-order valence-electron chi connectivity index (χ0n) is 22.1. The molecule has 3 rings (SSSR count). The minimum atomic E-state index is -3.93. The summed E-state index contributed by atoms with van der Waals surface area (Å²) >= 11 is 0. The smallest absolute Gasteiger partial charge is 0.261 e. The second-order valence-corrected chi connectivity index (χ2v) is 13.3. The van der Waals surface area contributed by atoms with Gasteiger partial charge in [-0.3, -0.25) is 9.52 Å². The monoisotopic (exact) mass is 569 g/mol. The van der Waals surface area contributed by atoms with E-state index < -0.39 is 32.2 Å². The predicted molar refractivity (Wildman–Crippen MR) is 143 cm³/mol. The van der Waals surface area contributed by atoms with E-state index in [-0.39, 0.29) is 48.5 Å².